The van der Waals surface area contributed by atoms with E-state index in [0.717, 1.165) is 6.54 Å². The van der Waals surface area contributed by atoms with Gasteiger partial charge in [-0.1, -0.05) is 24.4 Å². The van der Waals surface area contributed by atoms with Crippen LogP contribution in [0.25, 0.3) is 0 Å². The normalized spacial score (nSPS) is 20.8. The lowest BCUT2D eigenvalue weighted by atomic mass is 10.1. The van der Waals surface area contributed by atoms with Crippen LogP contribution in [0.5, 0.6) is 0 Å². The van der Waals surface area contributed by atoms with Gasteiger partial charge >= 0.3 is 0 Å². The van der Waals surface area contributed by atoms with Gasteiger partial charge in [0, 0.05) is 18.2 Å². The van der Waals surface area contributed by atoms with Crippen molar-refractivity contribution in [1.29, 1.82) is 0 Å². The number of nitrogens with two attached hydrogens (primary N) is 1. The second-order valence-corrected chi connectivity index (χ2v) is 5.68. The Bertz CT molecular complexity index is 535. The molecule has 0 radical (unpaired) electrons. The number of nitrogens with one attached hydrogen (secondary N) is 1. The highest BCUT2D eigenvalue weighted by Gasteiger charge is 2.28. The fourth-order valence-electron chi connectivity index (χ4n) is 2.51. The first kappa shape index (κ1) is 15.9. The second kappa shape index (κ2) is 6.98. The molecule has 1 fully saturated rings. The van der Waals surface area contributed by atoms with E-state index in [1.807, 2.05) is 25.1 Å². The van der Waals surface area contributed by atoms with Crippen LogP contribution in [0.2, 0.25) is 0 Å². The van der Waals surface area contributed by atoms with E-state index in [1.165, 1.54) is 0 Å². The zero-order valence-corrected chi connectivity index (χ0v) is 13.2. The Morgan fingerprint density at radius 2 is 2.24 bits per heavy atom. The summed E-state index contributed by atoms with van der Waals surface area (Å²) >= 11 is 5.01. The molecule has 114 valence electrons. The zero-order chi connectivity index (χ0) is 15.4. The number of amides is 1. The van der Waals surface area contributed by atoms with E-state index in [4.69, 9.17) is 22.7 Å². The lowest BCUT2D eigenvalue weighted by Gasteiger charge is -2.37. The fraction of sp³-hybridized carbons (Fsp3) is 0.467. The molecular formula is C15H21N3O2S. The molecule has 6 heteroatoms. The van der Waals surface area contributed by atoms with E-state index in [9.17, 15) is 4.79 Å². The van der Waals surface area contributed by atoms with Crippen LogP contribution in [0.15, 0.2) is 24.3 Å². The number of rotatable bonds is 4. The molecule has 0 aliphatic carbocycles. The van der Waals surface area contributed by atoms with Crippen molar-refractivity contribution in [3.63, 3.8) is 0 Å². The molecule has 1 amide bonds. The second-order valence-electron chi connectivity index (χ2n) is 5.24. The Balaban J connectivity index is 2.09. The van der Waals surface area contributed by atoms with E-state index in [2.05, 4.69) is 17.1 Å². The number of anilines is 1. The lowest BCUT2D eigenvalue weighted by molar-refractivity contribution is -0.124. The maximum absolute atomic E-state index is 12.5. The summed E-state index contributed by atoms with van der Waals surface area (Å²) in [6.07, 6.45) is 0. The number of hydrogen-bond donors (Lipinski definition) is 2. The number of carbonyl (C=O) groups excluding carboxylic acids is 1. The summed E-state index contributed by atoms with van der Waals surface area (Å²) in [6.45, 7) is 6.03. The van der Waals surface area contributed by atoms with Crippen molar-refractivity contribution in [2.75, 3.05) is 25.1 Å². The lowest BCUT2D eigenvalue weighted by Crippen LogP contribution is -2.52. The highest BCUT2D eigenvalue weighted by molar-refractivity contribution is 7.80. The predicted molar refractivity (Wildman–Crippen MR) is 87.4 cm³/mol. The van der Waals surface area contributed by atoms with Crippen LogP contribution >= 0.6 is 12.2 Å². The minimum absolute atomic E-state index is 0.0625. The van der Waals surface area contributed by atoms with Crippen LogP contribution in [-0.4, -0.2) is 47.6 Å². The Kier molecular flexibility index (Phi) is 5.27. The SMILES string of the molecule is CC1COCCN1C(C)C(=O)Nc1ccccc1C(N)=S. The summed E-state index contributed by atoms with van der Waals surface area (Å²) < 4.78 is 5.40. The molecule has 0 bridgehead atoms. The average molecular weight is 307 g/mol. The Hall–Kier alpha value is -1.50. The molecule has 2 unspecified atom stereocenters. The van der Waals surface area contributed by atoms with Gasteiger partial charge in [-0.05, 0) is 26.0 Å². The molecule has 3 N–H and O–H groups in total. The van der Waals surface area contributed by atoms with Crippen LogP contribution in [0.4, 0.5) is 5.69 Å². The number of ether oxygens (including phenoxy) is 1. The van der Waals surface area contributed by atoms with E-state index < -0.39 is 0 Å². The highest BCUT2D eigenvalue weighted by Crippen LogP contribution is 2.17. The summed E-state index contributed by atoms with van der Waals surface area (Å²) in [7, 11) is 0. The molecule has 1 aliphatic rings. The summed E-state index contributed by atoms with van der Waals surface area (Å²) in [5.74, 6) is -0.0625. The molecule has 1 heterocycles. The quantitative estimate of drug-likeness (QED) is 0.822. The van der Waals surface area contributed by atoms with Crippen molar-refractivity contribution in [2.24, 2.45) is 5.73 Å². The van der Waals surface area contributed by atoms with Crippen molar-refractivity contribution >= 4 is 28.8 Å². The minimum atomic E-state index is -0.233. The molecular weight excluding hydrogens is 286 g/mol. The molecule has 1 saturated heterocycles. The molecule has 2 atom stereocenters. The molecule has 21 heavy (non-hydrogen) atoms. The molecule has 0 spiro atoms. The van der Waals surface area contributed by atoms with Gasteiger partial charge in [-0.25, -0.2) is 0 Å². The third-order valence-electron chi connectivity index (χ3n) is 3.75. The number of thiocarbonyl (C=S) groups is 1. The van der Waals surface area contributed by atoms with Crippen molar-refractivity contribution in [3.05, 3.63) is 29.8 Å². The fourth-order valence-corrected chi connectivity index (χ4v) is 2.69. The van der Waals surface area contributed by atoms with Crippen LogP contribution in [0.3, 0.4) is 0 Å². The number of hydrogen-bond acceptors (Lipinski definition) is 4. The van der Waals surface area contributed by atoms with Crippen molar-refractivity contribution in [3.8, 4) is 0 Å². The summed E-state index contributed by atoms with van der Waals surface area (Å²) in [5.41, 5.74) is 7.02. The molecule has 1 aromatic carbocycles. The molecule has 5 nitrogen and oxygen atoms in total. The van der Waals surface area contributed by atoms with Gasteiger partial charge in [-0.3, -0.25) is 9.69 Å². The van der Waals surface area contributed by atoms with E-state index in [0.29, 0.717) is 24.5 Å². The van der Waals surface area contributed by atoms with Crippen LogP contribution in [-0.2, 0) is 9.53 Å². The third-order valence-corrected chi connectivity index (χ3v) is 3.97. The van der Waals surface area contributed by atoms with Crippen LogP contribution in [0, 0.1) is 0 Å². The van der Waals surface area contributed by atoms with Gasteiger partial charge in [0.15, 0.2) is 0 Å². The number of carbonyl (C=O) groups is 1. The smallest absolute Gasteiger partial charge is 0.241 e. The predicted octanol–water partition coefficient (Wildman–Crippen LogP) is 1.37. The van der Waals surface area contributed by atoms with Gasteiger partial charge in [-0.15, -0.1) is 0 Å². The number of morpholine rings is 1. The van der Waals surface area contributed by atoms with E-state index in [-0.39, 0.29) is 23.0 Å². The minimum Gasteiger partial charge on any atom is -0.389 e. The molecule has 1 aromatic rings. The third kappa shape index (κ3) is 3.78. The van der Waals surface area contributed by atoms with Crippen molar-refractivity contribution < 1.29 is 9.53 Å². The highest BCUT2D eigenvalue weighted by atomic mass is 32.1. The van der Waals surface area contributed by atoms with Gasteiger partial charge in [0.2, 0.25) is 5.91 Å². The Morgan fingerprint density at radius 3 is 2.90 bits per heavy atom. The number of nitrogens with zero attached hydrogens (tertiary/aromatic N) is 1. The molecule has 0 aromatic heterocycles. The number of para-hydroxylation sites is 1. The van der Waals surface area contributed by atoms with Gasteiger partial charge in [0.1, 0.15) is 4.99 Å². The van der Waals surface area contributed by atoms with Gasteiger partial charge < -0.3 is 15.8 Å². The Morgan fingerprint density at radius 1 is 1.52 bits per heavy atom. The van der Waals surface area contributed by atoms with Gasteiger partial charge in [0.25, 0.3) is 0 Å². The number of benzene rings is 1. The summed E-state index contributed by atoms with van der Waals surface area (Å²) in [5, 5.41) is 2.92. The zero-order valence-electron chi connectivity index (χ0n) is 12.3. The van der Waals surface area contributed by atoms with Crippen LogP contribution in [0.1, 0.15) is 19.4 Å². The van der Waals surface area contributed by atoms with E-state index >= 15 is 0 Å². The molecule has 1 aliphatic heterocycles. The molecule has 0 saturated carbocycles. The first-order valence-electron chi connectivity index (χ1n) is 7.04. The first-order valence-corrected chi connectivity index (χ1v) is 7.44. The summed E-state index contributed by atoms with van der Waals surface area (Å²) in [4.78, 5) is 14.9. The van der Waals surface area contributed by atoms with Gasteiger partial charge in [0.05, 0.1) is 24.9 Å². The first-order chi connectivity index (χ1) is 10.0. The molecule has 2 rings (SSSR count). The maximum atomic E-state index is 12.5. The van der Waals surface area contributed by atoms with E-state index in [1.54, 1.807) is 6.07 Å². The largest absolute Gasteiger partial charge is 0.389 e. The van der Waals surface area contributed by atoms with Crippen molar-refractivity contribution in [1.82, 2.24) is 4.90 Å². The summed E-state index contributed by atoms with van der Waals surface area (Å²) in [6, 6.07) is 7.30. The van der Waals surface area contributed by atoms with Crippen molar-refractivity contribution in [2.45, 2.75) is 25.9 Å². The topological polar surface area (TPSA) is 67.6 Å². The average Bonchev–Trinajstić information content (AvgIpc) is 2.47. The van der Waals surface area contributed by atoms with Gasteiger partial charge in [-0.2, -0.15) is 0 Å². The maximum Gasteiger partial charge on any atom is 0.241 e. The Labute approximate surface area is 130 Å². The van der Waals surface area contributed by atoms with Crippen LogP contribution < -0.4 is 11.1 Å². The monoisotopic (exact) mass is 307 g/mol. The standard InChI is InChI=1S/C15H21N3O2S/c1-10-9-20-8-7-18(10)11(2)15(19)17-13-6-4-3-5-12(13)14(16)21/h3-6,10-11H,7-9H2,1-2H3,(H2,16,21)(H,17,19).